The van der Waals surface area contributed by atoms with Crippen LogP contribution in [0.4, 0.5) is 0 Å². The monoisotopic (exact) mass is 514 g/mol. The Bertz CT molecular complexity index is 1460. The number of amides is 1. The second-order valence-corrected chi connectivity index (χ2v) is 9.85. The van der Waals surface area contributed by atoms with E-state index in [9.17, 15) is 18.0 Å². The molecule has 0 radical (unpaired) electrons. The summed E-state index contributed by atoms with van der Waals surface area (Å²) in [6, 6.07) is 11.0. The Balaban J connectivity index is 1.62. The van der Waals surface area contributed by atoms with Crippen molar-refractivity contribution >= 4 is 55.9 Å². The summed E-state index contributed by atoms with van der Waals surface area (Å²) in [6.07, 6.45) is 2.32. The summed E-state index contributed by atoms with van der Waals surface area (Å²) < 4.78 is 43.8. The number of fused-ring (bicyclic) bond motifs is 1. The minimum absolute atomic E-state index is 0.00467. The fourth-order valence-electron chi connectivity index (χ4n) is 3.17. The smallest absolute Gasteiger partial charge is 0.343 e. The van der Waals surface area contributed by atoms with Crippen molar-refractivity contribution in [3.05, 3.63) is 59.2 Å². The molecule has 35 heavy (non-hydrogen) atoms. The van der Waals surface area contributed by atoms with Gasteiger partial charge in [0.25, 0.3) is 5.91 Å². The highest BCUT2D eigenvalue weighted by Crippen LogP contribution is 2.32. The number of carbonyl (C=O) groups is 2. The summed E-state index contributed by atoms with van der Waals surface area (Å²) in [5.74, 6) is -0.884. The van der Waals surface area contributed by atoms with Gasteiger partial charge in [0, 0.05) is 6.26 Å². The Morgan fingerprint density at radius 3 is 2.57 bits per heavy atom. The summed E-state index contributed by atoms with van der Waals surface area (Å²) in [5, 5.41) is 8.03. The Morgan fingerprint density at radius 2 is 1.89 bits per heavy atom. The Kier molecular flexibility index (Phi) is 6.45. The fraction of sp³-hybridized carbons (Fsp3) is 0.136. The second kappa shape index (κ2) is 9.35. The van der Waals surface area contributed by atoms with Crippen LogP contribution in [0.25, 0.3) is 6.08 Å². The first-order valence-electron chi connectivity index (χ1n) is 9.85. The third kappa shape index (κ3) is 4.81. The molecule has 0 bridgehead atoms. The normalized spacial score (nSPS) is 16.5. The average molecular weight is 515 g/mol. The highest BCUT2D eigenvalue weighted by molar-refractivity contribution is 8.16. The second-order valence-electron chi connectivity index (χ2n) is 7.21. The van der Waals surface area contributed by atoms with Crippen molar-refractivity contribution in [1.29, 1.82) is 5.41 Å². The van der Waals surface area contributed by atoms with Gasteiger partial charge in [-0.2, -0.15) is 9.39 Å². The molecule has 2 aromatic rings. The van der Waals surface area contributed by atoms with E-state index in [0.29, 0.717) is 23.3 Å². The maximum Gasteiger partial charge on any atom is 0.343 e. The van der Waals surface area contributed by atoms with E-state index in [1.165, 1.54) is 38.5 Å². The van der Waals surface area contributed by atoms with E-state index in [4.69, 9.17) is 19.6 Å². The molecule has 13 heteroatoms. The quantitative estimate of drug-likeness (QED) is 0.275. The summed E-state index contributed by atoms with van der Waals surface area (Å²) in [5.41, 5.74) is 0.564. The van der Waals surface area contributed by atoms with Gasteiger partial charge in [-0.3, -0.25) is 10.2 Å². The maximum atomic E-state index is 12.6. The first kappa shape index (κ1) is 24.2. The number of benzene rings is 2. The topological polar surface area (TPSA) is 148 Å². The van der Waals surface area contributed by atoms with E-state index in [0.717, 1.165) is 11.2 Å². The largest absolute Gasteiger partial charge is 0.497 e. The van der Waals surface area contributed by atoms with Crippen molar-refractivity contribution < 1.29 is 32.2 Å². The van der Waals surface area contributed by atoms with E-state index in [2.05, 4.69) is 9.39 Å². The van der Waals surface area contributed by atoms with Crippen LogP contribution < -0.4 is 14.2 Å². The third-order valence-corrected chi connectivity index (χ3v) is 6.59. The number of carbonyl (C=O) groups excluding carboxylic acids is 2. The van der Waals surface area contributed by atoms with Gasteiger partial charge in [-0.25, -0.2) is 18.1 Å². The first-order valence-corrected chi connectivity index (χ1v) is 12.5. The molecule has 0 saturated carbocycles. The summed E-state index contributed by atoms with van der Waals surface area (Å²) >= 11 is 0.711. The molecule has 0 aliphatic carbocycles. The van der Waals surface area contributed by atoms with Gasteiger partial charge in [0.1, 0.15) is 11.6 Å². The summed E-state index contributed by atoms with van der Waals surface area (Å²) in [7, 11) is -0.885. The minimum atomic E-state index is -3.76. The van der Waals surface area contributed by atoms with Crippen molar-refractivity contribution in [3.63, 3.8) is 0 Å². The molecule has 1 N–H and O–H groups in total. The number of rotatable bonds is 5. The lowest BCUT2D eigenvalue weighted by molar-refractivity contribution is -0.114. The van der Waals surface area contributed by atoms with Gasteiger partial charge in [-0.1, -0.05) is 12.1 Å². The van der Waals surface area contributed by atoms with E-state index < -0.39 is 21.7 Å². The van der Waals surface area contributed by atoms with Gasteiger partial charge in [-0.15, -0.1) is 0 Å². The number of sulfone groups is 1. The van der Waals surface area contributed by atoms with Gasteiger partial charge < -0.3 is 14.2 Å². The Labute approximate surface area is 204 Å². The molecule has 2 aromatic carbocycles. The Morgan fingerprint density at radius 1 is 1.11 bits per heavy atom. The first-order chi connectivity index (χ1) is 16.6. The van der Waals surface area contributed by atoms with Crippen LogP contribution in [0, 0.1) is 5.41 Å². The van der Waals surface area contributed by atoms with Crippen LogP contribution in [0.2, 0.25) is 0 Å². The summed E-state index contributed by atoms with van der Waals surface area (Å²) in [6.45, 7) is 0. The van der Waals surface area contributed by atoms with E-state index in [1.807, 2.05) is 0 Å². The van der Waals surface area contributed by atoms with Crippen molar-refractivity contribution in [1.82, 2.24) is 4.90 Å². The minimum Gasteiger partial charge on any atom is -0.497 e. The molecule has 0 fully saturated rings. The van der Waals surface area contributed by atoms with Crippen molar-refractivity contribution in [3.8, 4) is 17.2 Å². The maximum absolute atomic E-state index is 12.6. The lowest BCUT2D eigenvalue weighted by Gasteiger charge is -2.23. The number of amidine groups is 3. The zero-order valence-corrected chi connectivity index (χ0v) is 20.3. The van der Waals surface area contributed by atoms with Gasteiger partial charge in [0.15, 0.2) is 11.5 Å². The highest BCUT2D eigenvalue weighted by atomic mass is 32.2. The Hall–Kier alpha value is -3.97. The zero-order valence-electron chi connectivity index (χ0n) is 18.6. The van der Waals surface area contributed by atoms with Gasteiger partial charge in [0.05, 0.1) is 37.3 Å². The molecule has 0 aromatic heterocycles. The van der Waals surface area contributed by atoms with Crippen LogP contribution in [0.5, 0.6) is 17.2 Å². The number of ether oxygens (including phenoxy) is 3. The highest BCUT2D eigenvalue weighted by Gasteiger charge is 2.41. The molecule has 11 nitrogen and oxygen atoms in total. The van der Waals surface area contributed by atoms with E-state index >= 15 is 0 Å². The number of esters is 1. The van der Waals surface area contributed by atoms with E-state index in [1.54, 1.807) is 24.3 Å². The molecule has 4 rings (SSSR count). The number of hydrogen-bond acceptors (Lipinski definition) is 10. The molecule has 0 saturated heterocycles. The standard InChI is InChI=1S/C22H18N4O7S2/c1-31-14-6-4-5-13(11-14)20(28)33-16-8-7-12(10-17(16)32-2)9-15-18(23)26-21(24-19(15)27)34-25-22(26)35(3,29)30/h4-11,23H,1-3H3. The molecular weight excluding hydrogens is 496 g/mol. The molecule has 2 aliphatic rings. The molecule has 0 atom stereocenters. The lowest BCUT2D eigenvalue weighted by atomic mass is 10.1. The van der Waals surface area contributed by atoms with Crippen LogP contribution in [-0.4, -0.2) is 61.8 Å². The molecular formula is C22H18N4O7S2. The number of nitrogens with one attached hydrogen (secondary N) is 1. The lowest BCUT2D eigenvalue weighted by Crippen LogP contribution is -2.45. The van der Waals surface area contributed by atoms with Crippen molar-refractivity contribution in [2.45, 2.75) is 0 Å². The number of hydrogen-bond donors (Lipinski definition) is 1. The predicted octanol–water partition coefficient (Wildman–Crippen LogP) is 2.54. The molecule has 1 amide bonds. The van der Waals surface area contributed by atoms with Crippen LogP contribution in [-0.2, 0) is 14.6 Å². The van der Waals surface area contributed by atoms with Crippen molar-refractivity contribution in [2.24, 2.45) is 9.39 Å². The molecule has 2 heterocycles. The molecule has 180 valence electrons. The van der Waals surface area contributed by atoms with Crippen LogP contribution >= 0.6 is 11.9 Å². The van der Waals surface area contributed by atoms with Crippen LogP contribution in [0.3, 0.4) is 0 Å². The number of aliphatic imine (C=N–C) groups is 1. The zero-order chi connectivity index (χ0) is 25.3. The summed E-state index contributed by atoms with van der Waals surface area (Å²) in [4.78, 5) is 30.0. The van der Waals surface area contributed by atoms with E-state index in [-0.39, 0.29) is 38.8 Å². The molecule has 0 spiro atoms. The SMILES string of the molecule is COc1cccc(C(=O)Oc2ccc(C=C3C(=N)N4C(=NC3=O)SN=C4S(C)(=O)=O)cc2OC)c1. The van der Waals surface area contributed by atoms with Crippen molar-refractivity contribution in [2.75, 3.05) is 20.5 Å². The molecule has 2 aliphatic heterocycles. The number of nitrogens with zero attached hydrogens (tertiary/aromatic N) is 3. The third-order valence-electron chi connectivity index (χ3n) is 4.83. The predicted molar refractivity (Wildman–Crippen MR) is 131 cm³/mol. The average Bonchev–Trinajstić information content (AvgIpc) is 3.27. The fourth-order valence-corrected chi connectivity index (χ4v) is 5.02. The van der Waals surface area contributed by atoms with Gasteiger partial charge >= 0.3 is 5.97 Å². The number of methoxy groups -OCH3 is 2. The van der Waals surface area contributed by atoms with Gasteiger partial charge in [-0.05, 0) is 42.0 Å². The van der Waals surface area contributed by atoms with Crippen LogP contribution in [0.1, 0.15) is 15.9 Å². The molecule has 0 unspecified atom stereocenters. The van der Waals surface area contributed by atoms with Crippen LogP contribution in [0.15, 0.2) is 57.4 Å². The van der Waals surface area contributed by atoms with Gasteiger partial charge in [0.2, 0.25) is 20.2 Å².